The van der Waals surface area contributed by atoms with Crippen LogP contribution in [0.4, 0.5) is 0 Å². The summed E-state index contributed by atoms with van der Waals surface area (Å²) in [5.41, 5.74) is 6.60. The first-order valence-electron chi connectivity index (χ1n) is 9.78. The van der Waals surface area contributed by atoms with Crippen molar-refractivity contribution in [2.45, 2.75) is 58.8 Å². The number of aromatic nitrogens is 1. The minimum Gasteiger partial charge on any atom is -0.481 e. The first-order chi connectivity index (χ1) is 13.0. The van der Waals surface area contributed by atoms with E-state index in [1.54, 1.807) is 18.3 Å². The fraction of sp³-hybridized carbons (Fsp3) is 0.391. The molecule has 0 saturated heterocycles. The van der Waals surface area contributed by atoms with Gasteiger partial charge in [0.05, 0.1) is 5.92 Å². The van der Waals surface area contributed by atoms with Crippen LogP contribution in [0.5, 0.6) is 0 Å². The Morgan fingerprint density at radius 2 is 1.93 bits per heavy atom. The maximum Gasteiger partial charge on any atom is 0.310 e. The predicted octanol–water partition coefficient (Wildman–Crippen LogP) is 5.90. The van der Waals surface area contributed by atoms with Gasteiger partial charge in [0.2, 0.25) is 0 Å². The Kier molecular flexibility index (Phi) is 4.77. The zero-order valence-corrected chi connectivity index (χ0v) is 16.9. The molecule has 4 heteroatoms. The van der Waals surface area contributed by atoms with E-state index in [9.17, 15) is 9.90 Å². The Balaban J connectivity index is 2.08. The molecule has 0 radical (unpaired) electrons. The number of hydrogen-bond acceptors (Lipinski definition) is 3. The molecule has 0 spiro atoms. The largest absolute Gasteiger partial charge is 0.481 e. The molecule has 27 heavy (non-hydrogen) atoms. The Morgan fingerprint density at radius 1 is 1.22 bits per heavy atom. The van der Waals surface area contributed by atoms with Gasteiger partial charge in [-0.3, -0.25) is 4.79 Å². The molecule has 2 aromatic heterocycles. The molecule has 0 bridgehead atoms. The third kappa shape index (κ3) is 3.06. The number of benzene rings is 1. The Labute approximate surface area is 164 Å². The van der Waals surface area contributed by atoms with Gasteiger partial charge in [0.25, 0.3) is 0 Å². The summed E-state index contributed by atoms with van der Waals surface area (Å²) in [5.74, 6) is -1.38. The molecule has 1 aliphatic rings. The van der Waals surface area contributed by atoms with Crippen LogP contribution in [0.1, 0.15) is 59.9 Å². The van der Waals surface area contributed by atoms with Crippen molar-refractivity contribution < 1.29 is 9.90 Å². The van der Waals surface area contributed by atoms with E-state index in [1.807, 2.05) is 6.92 Å². The average molecular weight is 380 g/mol. The number of nitrogens with zero attached hydrogens (tertiary/aromatic N) is 1. The molecular formula is C23H25NO2S. The van der Waals surface area contributed by atoms with Gasteiger partial charge in [0.1, 0.15) is 4.83 Å². The topological polar surface area (TPSA) is 50.2 Å². The van der Waals surface area contributed by atoms with Gasteiger partial charge in [-0.15, -0.1) is 11.3 Å². The average Bonchev–Trinajstić information content (AvgIpc) is 3.04. The normalized spacial score (nSPS) is 14.9. The summed E-state index contributed by atoms with van der Waals surface area (Å²) in [6.45, 7) is 5.88. The van der Waals surface area contributed by atoms with Gasteiger partial charge < -0.3 is 5.11 Å². The molecular weight excluding hydrogens is 354 g/mol. The zero-order valence-electron chi connectivity index (χ0n) is 16.1. The van der Waals surface area contributed by atoms with Crippen LogP contribution >= 0.6 is 11.3 Å². The molecule has 0 amide bonds. The van der Waals surface area contributed by atoms with E-state index in [4.69, 9.17) is 4.98 Å². The molecule has 3 nitrogen and oxygen atoms in total. The molecule has 0 aliphatic heterocycles. The van der Waals surface area contributed by atoms with E-state index in [2.05, 4.69) is 31.2 Å². The van der Waals surface area contributed by atoms with Crippen molar-refractivity contribution in [3.63, 3.8) is 0 Å². The van der Waals surface area contributed by atoms with Crippen LogP contribution in [-0.2, 0) is 24.1 Å². The fourth-order valence-electron chi connectivity index (χ4n) is 4.28. The van der Waals surface area contributed by atoms with Gasteiger partial charge in [0.15, 0.2) is 0 Å². The van der Waals surface area contributed by atoms with Gasteiger partial charge in [0, 0.05) is 16.0 Å². The number of carboxylic acid groups (broad SMARTS) is 1. The predicted molar refractivity (Wildman–Crippen MR) is 112 cm³/mol. The number of thiophene rings is 1. The second kappa shape index (κ2) is 7.08. The minimum atomic E-state index is -0.797. The van der Waals surface area contributed by atoms with E-state index in [1.165, 1.54) is 34.2 Å². The van der Waals surface area contributed by atoms with E-state index < -0.39 is 11.9 Å². The molecule has 0 saturated carbocycles. The number of fused-ring (bicyclic) bond motifs is 3. The second-order valence-electron chi connectivity index (χ2n) is 7.49. The summed E-state index contributed by atoms with van der Waals surface area (Å²) in [6, 6.07) is 8.62. The quantitative estimate of drug-likeness (QED) is 0.614. The lowest BCUT2D eigenvalue weighted by Crippen LogP contribution is -2.12. The summed E-state index contributed by atoms with van der Waals surface area (Å²) >= 11 is 1.80. The van der Waals surface area contributed by atoms with Crippen molar-refractivity contribution in [1.29, 1.82) is 0 Å². The van der Waals surface area contributed by atoms with Crippen LogP contribution in [-0.4, -0.2) is 16.1 Å². The second-order valence-corrected chi connectivity index (χ2v) is 8.57. The van der Waals surface area contributed by atoms with Crippen LogP contribution in [0.15, 0.2) is 24.3 Å². The van der Waals surface area contributed by atoms with Crippen molar-refractivity contribution >= 4 is 27.5 Å². The van der Waals surface area contributed by atoms with E-state index >= 15 is 0 Å². The molecule has 3 aromatic rings. The Hall–Kier alpha value is -2.20. The van der Waals surface area contributed by atoms with Crippen LogP contribution in [0.3, 0.4) is 0 Å². The highest BCUT2D eigenvalue weighted by atomic mass is 32.1. The molecule has 1 aliphatic carbocycles. The monoisotopic (exact) mass is 379 g/mol. The molecule has 140 valence electrons. The van der Waals surface area contributed by atoms with E-state index in [-0.39, 0.29) is 0 Å². The van der Waals surface area contributed by atoms with E-state index in [0.717, 1.165) is 46.5 Å². The summed E-state index contributed by atoms with van der Waals surface area (Å²) in [6.07, 6.45) is 5.62. The van der Waals surface area contributed by atoms with Crippen LogP contribution in [0.2, 0.25) is 0 Å². The minimum absolute atomic E-state index is 0.582. The smallest absolute Gasteiger partial charge is 0.310 e. The molecule has 1 unspecified atom stereocenters. The lowest BCUT2D eigenvalue weighted by Gasteiger charge is -2.19. The molecule has 1 N–H and O–H groups in total. The molecule has 0 fully saturated rings. The number of carbonyl (C=O) groups is 1. The van der Waals surface area contributed by atoms with E-state index in [0.29, 0.717) is 0 Å². The Bertz CT molecular complexity index is 1020. The number of rotatable bonds is 4. The molecule has 1 aromatic carbocycles. The van der Waals surface area contributed by atoms with Gasteiger partial charge in [-0.25, -0.2) is 4.98 Å². The van der Waals surface area contributed by atoms with Crippen molar-refractivity contribution in [1.82, 2.24) is 4.98 Å². The maximum absolute atomic E-state index is 11.9. The lowest BCUT2D eigenvalue weighted by atomic mass is 9.85. The molecule has 2 heterocycles. The highest BCUT2D eigenvalue weighted by Crippen LogP contribution is 2.44. The lowest BCUT2D eigenvalue weighted by molar-refractivity contribution is -0.138. The van der Waals surface area contributed by atoms with Gasteiger partial charge in [-0.1, -0.05) is 31.2 Å². The third-order valence-corrected chi connectivity index (χ3v) is 6.97. The van der Waals surface area contributed by atoms with Crippen LogP contribution < -0.4 is 0 Å². The summed E-state index contributed by atoms with van der Waals surface area (Å²) in [4.78, 5) is 19.2. The fourth-order valence-corrected chi connectivity index (χ4v) is 5.59. The molecule has 4 rings (SSSR count). The highest BCUT2D eigenvalue weighted by molar-refractivity contribution is 7.19. The van der Waals surface area contributed by atoms with Crippen molar-refractivity contribution in [3.8, 4) is 11.1 Å². The van der Waals surface area contributed by atoms with Gasteiger partial charge in [-0.2, -0.15) is 0 Å². The molecule has 1 atom stereocenters. The summed E-state index contributed by atoms with van der Waals surface area (Å²) < 4.78 is 0. The van der Waals surface area contributed by atoms with Crippen molar-refractivity contribution in [3.05, 3.63) is 51.5 Å². The number of hydrogen-bond donors (Lipinski definition) is 1. The number of aryl methyl sites for hydroxylation is 4. The number of aliphatic carboxylic acids is 1. The van der Waals surface area contributed by atoms with Crippen molar-refractivity contribution in [2.75, 3.05) is 0 Å². The standard InChI is InChI=1S/C23H25NO2S/c1-4-15-9-11-16(12-10-15)20-19(13(2)23(25)26)14(3)24-22-21(20)17-7-5-6-8-18(17)27-22/h9-13H,4-8H2,1-3H3,(H,25,26). The summed E-state index contributed by atoms with van der Waals surface area (Å²) in [7, 11) is 0. The van der Waals surface area contributed by atoms with Crippen LogP contribution in [0.25, 0.3) is 21.3 Å². The Morgan fingerprint density at radius 3 is 2.59 bits per heavy atom. The third-order valence-electron chi connectivity index (χ3n) is 5.79. The van der Waals surface area contributed by atoms with Gasteiger partial charge in [-0.05, 0) is 73.8 Å². The first kappa shape index (κ1) is 18.2. The van der Waals surface area contributed by atoms with Crippen molar-refractivity contribution in [2.24, 2.45) is 0 Å². The SMILES string of the molecule is CCc1ccc(-c2c(C(C)C(=O)O)c(C)nc3sc4c(c23)CCCC4)cc1. The number of carboxylic acids is 1. The first-order valence-corrected chi connectivity index (χ1v) is 10.6. The van der Waals surface area contributed by atoms with Gasteiger partial charge >= 0.3 is 5.97 Å². The number of pyridine rings is 1. The maximum atomic E-state index is 11.9. The van der Waals surface area contributed by atoms with Crippen LogP contribution in [0, 0.1) is 6.92 Å². The summed E-state index contributed by atoms with van der Waals surface area (Å²) in [5, 5.41) is 11.0. The highest BCUT2D eigenvalue weighted by Gasteiger charge is 2.27. The zero-order chi connectivity index (χ0) is 19.1.